The summed E-state index contributed by atoms with van der Waals surface area (Å²) < 4.78 is 7.08. The van der Waals surface area contributed by atoms with Gasteiger partial charge in [-0.2, -0.15) is 5.10 Å². The van der Waals surface area contributed by atoms with Crippen molar-refractivity contribution in [3.63, 3.8) is 0 Å². The molecule has 17 heavy (non-hydrogen) atoms. The summed E-state index contributed by atoms with van der Waals surface area (Å²) in [5, 5.41) is 6.88. The van der Waals surface area contributed by atoms with Gasteiger partial charge in [0.1, 0.15) is 6.10 Å². The van der Waals surface area contributed by atoms with E-state index in [4.69, 9.17) is 10.5 Å². The van der Waals surface area contributed by atoms with Crippen LogP contribution in [0.4, 0.5) is 5.69 Å². The molecule has 2 heterocycles. The summed E-state index contributed by atoms with van der Waals surface area (Å²) in [5.74, 6) is 0.269. The number of aromatic nitrogens is 2. The molecule has 1 saturated heterocycles. The average molecular weight is 238 g/mol. The minimum Gasteiger partial charge on any atom is -0.396 e. The SMILES string of the molecule is CC1CCOC1C(=O)NCCn1cc(N)cn1. The van der Waals surface area contributed by atoms with Gasteiger partial charge in [-0.25, -0.2) is 0 Å². The molecule has 0 aliphatic carbocycles. The number of nitrogens with one attached hydrogen (secondary N) is 1. The number of carbonyl (C=O) groups excluding carboxylic acids is 1. The highest BCUT2D eigenvalue weighted by atomic mass is 16.5. The maximum Gasteiger partial charge on any atom is 0.249 e. The Morgan fingerprint density at radius 1 is 1.76 bits per heavy atom. The fourth-order valence-electron chi connectivity index (χ4n) is 1.93. The van der Waals surface area contributed by atoms with Crippen molar-refractivity contribution in [1.29, 1.82) is 0 Å². The molecule has 1 aromatic rings. The molecule has 3 N–H and O–H groups in total. The molecule has 1 aliphatic heterocycles. The fourth-order valence-corrected chi connectivity index (χ4v) is 1.93. The Kier molecular flexibility index (Phi) is 3.63. The van der Waals surface area contributed by atoms with E-state index in [9.17, 15) is 4.79 Å². The standard InChI is InChI=1S/C11H18N4O2/c1-8-2-5-17-10(8)11(16)13-3-4-15-7-9(12)6-14-15/h6-8,10H,2-5,12H2,1H3,(H,13,16). The zero-order chi connectivity index (χ0) is 12.3. The lowest BCUT2D eigenvalue weighted by Gasteiger charge is -2.14. The highest BCUT2D eigenvalue weighted by Gasteiger charge is 2.30. The summed E-state index contributed by atoms with van der Waals surface area (Å²) >= 11 is 0. The first-order chi connectivity index (χ1) is 8.16. The Morgan fingerprint density at radius 3 is 3.18 bits per heavy atom. The van der Waals surface area contributed by atoms with Crippen LogP contribution in [0.15, 0.2) is 12.4 Å². The van der Waals surface area contributed by atoms with Crippen LogP contribution in [-0.2, 0) is 16.1 Å². The molecular weight excluding hydrogens is 220 g/mol. The molecule has 0 aromatic carbocycles. The van der Waals surface area contributed by atoms with Gasteiger partial charge in [-0.05, 0) is 12.3 Å². The molecule has 0 bridgehead atoms. The first kappa shape index (κ1) is 11.9. The lowest BCUT2D eigenvalue weighted by molar-refractivity contribution is -0.131. The summed E-state index contributed by atoms with van der Waals surface area (Å²) in [7, 11) is 0. The zero-order valence-electron chi connectivity index (χ0n) is 9.93. The quantitative estimate of drug-likeness (QED) is 0.774. The van der Waals surface area contributed by atoms with Crippen LogP contribution in [0.1, 0.15) is 13.3 Å². The Hall–Kier alpha value is -1.56. The molecule has 2 unspecified atom stereocenters. The smallest absolute Gasteiger partial charge is 0.249 e. The van der Waals surface area contributed by atoms with Gasteiger partial charge in [0.05, 0.1) is 18.4 Å². The third-order valence-corrected chi connectivity index (χ3v) is 2.94. The topological polar surface area (TPSA) is 82.2 Å². The van der Waals surface area contributed by atoms with Crippen LogP contribution in [0, 0.1) is 5.92 Å². The number of carbonyl (C=O) groups is 1. The summed E-state index contributed by atoms with van der Waals surface area (Å²) in [4.78, 5) is 11.8. The van der Waals surface area contributed by atoms with Crippen molar-refractivity contribution in [2.75, 3.05) is 18.9 Å². The van der Waals surface area contributed by atoms with Crippen molar-refractivity contribution in [3.8, 4) is 0 Å². The maximum absolute atomic E-state index is 11.8. The van der Waals surface area contributed by atoms with Crippen molar-refractivity contribution < 1.29 is 9.53 Å². The van der Waals surface area contributed by atoms with Crippen LogP contribution >= 0.6 is 0 Å². The number of nitrogen functional groups attached to an aromatic ring is 1. The molecule has 94 valence electrons. The molecule has 1 fully saturated rings. The van der Waals surface area contributed by atoms with Gasteiger partial charge in [-0.3, -0.25) is 9.48 Å². The number of hydrogen-bond acceptors (Lipinski definition) is 4. The normalized spacial score (nSPS) is 23.8. The van der Waals surface area contributed by atoms with Crippen molar-refractivity contribution in [1.82, 2.24) is 15.1 Å². The van der Waals surface area contributed by atoms with E-state index in [1.165, 1.54) is 0 Å². The fraction of sp³-hybridized carbons (Fsp3) is 0.636. The van der Waals surface area contributed by atoms with Crippen LogP contribution < -0.4 is 11.1 Å². The van der Waals surface area contributed by atoms with Crippen LogP contribution in [0.2, 0.25) is 0 Å². The van der Waals surface area contributed by atoms with Gasteiger partial charge in [-0.1, -0.05) is 6.92 Å². The van der Waals surface area contributed by atoms with Gasteiger partial charge in [0.15, 0.2) is 0 Å². The maximum atomic E-state index is 11.8. The van der Waals surface area contributed by atoms with Gasteiger partial charge < -0.3 is 15.8 Å². The summed E-state index contributed by atoms with van der Waals surface area (Å²) in [6, 6.07) is 0. The number of ether oxygens (including phenoxy) is 1. The second kappa shape index (κ2) is 5.18. The predicted molar refractivity (Wildman–Crippen MR) is 63.2 cm³/mol. The van der Waals surface area contributed by atoms with Gasteiger partial charge in [-0.15, -0.1) is 0 Å². The van der Waals surface area contributed by atoms with Gasteiger partial charge in [0.2, 0.25) is 5.91 Å². The number of anilines is 1. The predicted octanol–water partition coefficient (Wildman–Crippen LogP) is 0.00650. The zero-order valence-corrected chi connectivity index (χ0v) is 9.93. The first-order valence-electron chi connectivity index (χ1n) is 5.84. The van der Waals surface area contributed by atoms with Crippen molar-refractivity contribution >= 4 is 11.6 Å². The number of rotatable bonds is 4. The van der Waals surface area contributed by atoms with Crippen molar-refractivity contribution in [2.24, 2.45) is 5.92 Å². The van der Waals surface area contributed by atoms with Crippen LogP contribution in [0.25, 0.3) is 0 Å². The van der Waals surface area contributed by atoms with Crippen LogP contribution in [0.3, 0.4) is 0 Å². The van der Waals surface area contributed by atoms with Crippen LogP contribution in [0.5, 0.6) is 0 Å². The highest BCUT2D eigenvalue weighted by molar-refractivity contribution is 5.81. The van der Waals surface area contributed by atoms with Crippen molar-refractivity contribution in [3.05, 3.63) is 12.4 Å². The van der Waals surface area contributed by atoms with E-state index in [1.807, 2.05) is 6.92 Å². The Balaban J connectivity index is 1.73. The third-order valence-electron chi connectivity index (χ3n) is 2.94. The largest absolute Gasteiger partial charge is 0.396 e. The van der Waals surface area contributed by atoms with Gasteiger partial charge in [0.25, 0.3) is 0 Å². The molecule has 0 saturated carbocycles. The van der Waals surface area contributed by atoms with E-state index in [2.05, 4.69) is 10.4 Å². The first-order valence-corrected chi connectivity index (χ1v) is 5.84. The van der Waals surface area contributed by atoms with Gasteiger partial charge >= 0.3 is 0 Å². The monoisotopic (exact) mass is 238 g/mol. The van der Waals surface area contributed by atoms with Crippen molar-refractivity contribution in [2.45, 2.75) is 26.0 Å². The lowest BCUT2D eigenvalue weighted by atomic mass is 10.0. The Bertz CT molecular complexity index is 391. The summed E-state index contributed by atoms with van der Waals surface area (Å²) in [5.41, 5.74) is 6.17. The molecular formula is C11H18N4O2. The second-order valence-electron chi connectivity index (χ2n) is 4.39. The Labute approximate surface area is 100 Å². The second-order valence-corrected chi connectivity index (χ2v) is 4.39. The Morgan fingerprint density at radius 2 is 2.59 bits per heavy atom. The molecule has 1 aromatic heterocycles. The average Bonchev–Trinajstić information content (AvgIpc) is 2.87. The molecule has 1 aliphatic rings. The summed E-state index contributed by atoms with van der Waals surface area (Å²) in [6.45, 7) is 3.86. The van der Waals surface area contributed by atoms with E-state index >= 15 is 0 Å². The number of hydrogen-bond donors (Lipinski definition) is 2. The van der Waals surface area contributed by atoms with Gasteiger partial charge in [0, 0.05) is 19.3 Å². The minimum absolute atomic E-state index is 0.0323. The number of nitrogens with zero attached hydrogens (tertiary/aromatic N) is 2. The van der Waals surface area contributed by atoms with E-state index in [0.29, 0.717) is 31.3 Å². The van der Waals surface area contributed by atoms with E-state index < -0.39 is 0 Å². The molecule has 0 radical (unpaired) electrons. The molecule has 2 rings (SSSR count). The summed E-state index contributed by atoms with van der Waals surface area (Å²) in [6.07, 6.45) is 3.98. The van der Waals surface area contributed by atoms with E-state index in [0.717, 1.165) is 6.42 Å². The molecule has 0 spiro atoms. The third kappa shape index (κ3) is 2.97. The minimum atomic E-state index is -0.294. The van der Waals surface area contributed by atoms with Crippen LogP contribution in [-0.4, -0.2) is 34.9 Å². The van der Waals surface area contributed by atoms with E-state index in [1.54, 1.807) is 17.1 Å². The molecule has 6 heteroatoms. The molecule has 6 nitrogen and oxygen atoms in total. The number of nitrogens with two attached hydrogens (primary N) is 1. The number of amides is 1. The highest BCUT2D eigenvalue weighted by Crippen LogP contribution is 2.19. The molecule has 1 amide bonds. The lowest BCUT2D eigenvalue weighted by Crippen LogP contribution is -2.38. The van der Waals surface area contributed by atoms with E-state index in [-0.39, 0.29) is 12.0 Å². The molecule has 2 atom stereocenters.